The minimum Gasteiger partial charge on any atom is -0.493 e. The summed E-state index contributed by atoms with van der Waals surface area (Å²) in [5.74, 6) is -0.304. The summed E-state index contributed by atoms with van der Waals surface area (Å²) in [4.78, 5) is 16.4. The SMILES string of the molecule is COc1ccc(NC(=O)CCc2ncc(-c3c(F)cccc3F)o2)cc1OC1CCCC1. The molecule has 0 atom stereocenters. The van der Waals surface area contributed by atoms with Gasteiger partial charge in [-0.15, -0.1) is 0 Å². The molecule has 1 aromatic heterocycles. The first kappa shape index (κ1) is 21.8. The van der Waals surface area contributed by atoms with Crippen LogP contribution in [0.1, 0.15) is 38.0 Å². The second-order valence-corrected chi connectivity index (χ2v) is 7.65. The van der Waals surface area contributed by atoms with Crippen LogP contribution >= 0.6 is 0 Å². The molecule has 4 rings (SSSR count). The third-order valence-electron chi connectivity index (χ3n) is 5.37. The van der Waals surface area contributed by atoms with E-state index in [2.05, 4.69) is 10.3 Å². The molecule has 0 aliphatic heterocycles. The second-order valence-electron chi connectivity index (χ2n) is 7.65. The van der Waals surface area contributed by atoms with Crippen molar-refractivity contribution in [3.8, 4) is 22.8 Å². The van der Waals surface area contributed by atoms with Gasteiger partial charge in [0.15, 0.2) is 23.1 Å². The molecule has 1 amide bonds. The molecule has 8 heteroatoms. The lowest BCUT2D eigenvalue weighted by atomic mass is 10.1. The number of aromatic nitrogens is 1. The standard InChI is InChI=1S/C24H24F2N2O4/c1-30-19-10-9-15(13-20(19)31-16-5-2-3-6-16)28-22(29)11-12-23-27-14-21(32-23)24-17(25)7-4-8-18(24)26/h4,7-10,13-14,16H,2-3,5-6,11-12H2,1H3,(H,28,29). The molecule has 0 unspecified atom stereocenters. The number of amides is 1. The normalized spacial score (nSPS) is 13.8. The number of benzene rings is 2. The van der Waals surface area contributed by atoms with Gasteiger partial charge in [-0.05, 0) is 49.9 Å². The summed E-state index contributed by atoms with van der Waals surface area (Å²) in [5.41, 5.74) is 0.314. The number of ether oxygens (including phenoxy) is 2. The second kappa shape index (κ2) is 9.80. The van der Waals surface area contributed by atoms with Crippen molar-refractivity contribution in [2.45, 2.75) is 44.6 Å². The Labute approximate surface area is 184 Å². The number of aryl methyl sites for hydroxylation is 1. The Morgan fingerprint density at radius 1 is 1.16 bits per heavy atom. The maximum absolute atomic E-state index is 13.9. The summed E-state index contributed by atoms with van der Waals surface area (Å²) < 4.78 is 44.7. The van der Waals surface area contributed by atoms with Crippen molar-refractivity contribution in [3.63, 3.8) is 0 Å². The van der Waals surface area contributed by atoms with Crippen LogP contribution < -0.4 is 14.8 Å². The fourth-order valence-electron chi connectivity index (χ4n) is 3.75. The molecule has 1 fully saturated rings. The van der Waals surface area contributed by atoms with Crippen molar-refractivity contribution in [1.29, 1.82) is 0 Å². The van der Waals surface area contributed by atoms with E-state index in [4.69, 9.17) is 13.9 Å². The number of anilines is 1. The number of rotatable bonds is 8. The van der Waals surface area contributed by atoms with Gasteiger partial charge in [0.25, 0.3) is 0 Å². The smallest absolute Gasteiger partial charge is 0.224 e. The largest absolute Gasteiger partial charge is 0.493 e. The molecule has 0 spiro atoms. The third kappa shape index (κ3) is 5.07. The van der Waals surface area contributed by atoms with Crippen LogP contribution in [-0.4, -0.2) is 24.1 Å². The number of halogens is 2. The van der Waals surface area contributed by atoms with Crippen LogP contribution in [0.15, 0.2) is 47.0 Å². The highest BCUT2D eigenvalue weighted by molar-refractivity contribution is 5.91. The summed E-state index contributed by atoms with van der Waals surface area (Å²) in [5, 5.41) is 2.82. The molecular weight excluding hydrogens is 418 g/mol. The molecule has 3 aromatic rings. The predicted molar refractivity (Wildman–Crippen MR) is 115 cm³/mol. The van der Waals surface area contributed by atoms with Gasteiger partial charge >= 0.3 is 0 Å². The van der Waals surface area contributed by atoms with Gasteiger partial charge < -0.3 is 19.2 Å². The van der Waals surface area contributed by atoms with Crippen molar-refractivity contribution >= 4 is 11.6 Å². The van der Waals surface area contributed by atoms with Gasteiger partial charge in [0.05, 0.1) is 25.0 Å². The van der Waals surface area contributed by atoms with E-state index in [-0.39, 0.29) is 42.1 Å². The molecule has 32 heavy (non-hydrogen) atoms. The highest BCUT2D eigenvalue weighted by Gasteiger charge is 2.19. The molecule has 0 bridgehead atoms. The quantitative estimate of drug-likeness (QED) is 0.497. The topological polar surface area (TPSA) is 73.6 Å². The van der Waals surface area contributed by atoms with E-state index in [9.17, 15) is 13.6 Å². The molecule has 1 aliphatic carbocycles. The summed E-state index contributed by atoms with van der Waals surface area (Å²) in [6.45, 7) is 0. The monoisotopic (exact) mass is 442 g/mol. The van der Waals surface area contributed by atoms with E-state index in [1.807, 2.05) is 0 Å². The Balaban J connectivity index is 1.37. The number of carbonyl (C=O) groups is 1. The number of nitrogens with zero attached hydrogens (tertiary/aromatic N) is 1. The summed E-state index contributed by atoms with van der Waals surface area (Å²) in [6.07, 6.45) is 6.00. The Morgan fingerprint density at radius 3 is 2.62 bits per heavy atom. The van der Waals surface area contributed by atoms with Crippen molar-refractivity contribution in [2.75, 3.05) is 12.4 Å². The van der Waals surface area contributed by atoms with Gasteiger partial charge in [-0.1, -0.05) is 6.07 Å². The maximum atomic E-state index is 13.9. The Morgan fingerprint density at radius 2 is 1.91 bits per heavy atom. The Hall–Kier alpha value is -3.42. The molecule has 1 aliphatic rings. The number of carbonyl (C=O) groups excluding carboxylic acids is 1. The molecule has 2 aromatic carbocycles. The van der Waals surface area contributed by atoms with E-state index in [0.717, 1.165) is 37.8 Å². The van der Waals surface area contributed by atoms with Crippen molar-refractivity contribution in [3.05, 3.63) is 60.1 Å². The van der Waals surface area contributed by atoms with Crippen LogP contribution in [0.4, 0.5) is 14.5 Å². The zero-order valence-electron chi connectivity index (χ0n) is 17.7. The lowest BCUT2D eigenvalue weighted by molar-refractivity contribution is -0.116. The average molecular weight is 442 g/mol. The molecule has 168 valence electrons. The van der Waals surface area contributed by atoms with Gasteiger partial charge in [0.2, 0.25) is 5.91 Å². The highest BCUT2D eigenvalue weighted by Crippen LogP contribution is 2.34. The van der Waals surface area contributed by atoms with E-state index in [0.29, 0.717) is 17.2 Å². The lowest BCUT2D eigenvalue weighted by Gasteiger charge is -2.17. The molecular formula is C24H24F2N2O4. The van der Waals surface area contributed by atoms with Gasteiger partial charge in [-0.3, -0.25) is 4.79 Å². The third-order valence-corrected chi connectivity index (χ3v) is 5.37. The van der Waals surface area contributed by atoms with Crippen molar-refractivity contribution < 1.29 is 27.5 Å². The van der Waals surface area contributed by atoms with Gasteiger partial charge in [0, 0.05) is 24.6 Å². The molecule has 0 saturated heterocycles. The first-order valence-electron chi connectivity index (χ1n) is 10.6. The van der Waals surface area contributed by atoms with Crippen LogP contribution in [0, 0.1) is 11.6 Å². The number of nitrogens with one attached hydrogen (secondary N) is 1. The number of hydrogen-bond acceptors (Lipinski definition) is 5. The van der Waals surface area contributed by atoms with Crippen LogP contribution in [0.5, 0.6) is 11.5 Å². The average Bonchev–Trinajstić information content (AvgIpc) is 3.45. The molecule has 1 N–H and O–H groups in total. The lowest BCUT2D eigenvalue weighted by Crippen LogP contribution is -2.14. The Kier molecular flexibility index (Phi) is 6.68. The minimum atomic E-state index is -0.736. The first-order valence-corrected chi connectivity index (χ1v) is 10.6. The summed E-state index contributed by atoms with van der Waals surface area (Å²) >= 11 is 0. The Bertz CT molecular complexity index is 1070. The van der Waals surface area contributed by atoms with Crippen LogP contribution in [-0.2, 0) is 11.2 Å². The number of methoxy groups -OCH3 is 1. The van der Waals surface area contributed by atoms with Crippen molar-refractivity contribution in [1.82, 2.24) is 4.98 Å². The molecule has 1 heterocycles. The first-order chi connectivity index (χ1) is 15.5. The van der Waals surface area contributed by atoms with Crippen LogP contribution in [0.25, 0.3) is 11.3 Å². The van der Waals surface area contributed by atoms with E-state index < -0.39 is 11.6 Å². The van der Waals surface area contributed by atoms with Crippen LogP contribution in [0.3, 0.4) is 0 Å². The summed E-state index contributed by atoms with van der Waals surface area (Å²) in [7, 11) is 1.58. The van der Waals surface area contributed by atoms with Crippen molar-refractivity contribution in [2.24, 2.45) is 0 Å². The minimum absolute atomic E-state index is 0.0140. The van der Waals surface area contributed by atoms with Crippen LogP contribution in [0.2, 0.25) is 0 Å². The number of hydrogen-bond donors (Lipinski definition) is 1. The summed E-state index contributed by atoms with van der Waals surface area (Å²) in [6, 6.07) is 8.81. The van der Waals surface area contributed by atoms with E-state index >= 15 is 0 Å². The zero-order chi connectivity index (χ0) is 22.5. The fourth-order valence-corrected chi connectivity index (χ4v) is 3.75. The fraction of sp³-hybridized carbons (Fsp3) is 0.333. The van der Waals surface area contributed by atoms with Gasteiger partial charge in [0.1, 0.15) is 11.6 Å². The van der Waals surface area contributed by atoms with E-state index in [1.54, 1.807) is 25.3 Å². The maximum Gasteiger partial charge on any atom is 0.224 e. The number of oxazole rings is 1. The highest BCUT2D eigenvalue weighted by atomic mass is 19.1. The molecule has 0 radical (unpaired) electrons. The zero-order valence-corrected chi connectivity index (χ0v) is 17.7. The van der Waals surface area contributed by atoms with Gasteiger partial charge in [-0.2, -0.15) is 0 Å². The van der Waals surface area contributed by atoms with Gasteiger partial charge in [-0.25, -0.2) is 13.8 Å². The molecule has 1 saturated carbocycles. The van der Waals surface area contributed by atoms with E-state index in [1.165, 1.54) is 12.3 Å². The molecule has 6 nitrogen and oxygen atoms in total. The predicted octanol–water partition coefficient (Wildman–Crippen LogP) is 5.52.